The fourth-order valence-electron chi connectivity index (χ4n) is 2.27. The summed E-state index contributed by atoms with van der Waals surface area (Å²) in [5.41, 5.74) is 9.50. The second-order valence-electron chi connectivity index (χ2n) is 4.87. The van der Waals surface area contributed by atoms with E-state index >= 15 is 0 Å². The number of nitrogens with zero attached hydrogens (tertiary/aromatic N) is 1. The summed E-state index contributed by atoms with van der Waals surface area (Å²) in [6.07, 6.45) is 0.666. The Balaban J connectivity index is 1.80. The minimum atomic E-state index is 0.511. The smallest absolute Gasteiger partial charge is 0.199 e. The van der Waals surface area contributed by atoms with Crippen LogP contribution in [0.2, 0.25) is 0 Å². The van der Waals surface area contributed by atoms with Crippen LogP contribution >= 0.6 is 0 Å². The number of ether oxygens (including phenoxy) is 1. The van der Waals surface area contributed by atoms with Crippen molar-refractivity contribution in [2.24, 2.45) is 5.73 Å². The van der Waals surface area contributed by atoms with Crippen molar-refractivity contribution in [3.63, 3.8) is 0 Å². The Morgan fingerprint density at radius 1 is 1.10 bits per heavy atom. The lowest BCUT2D eigenvalue weighted by Crippen LogP contribution is -1.95. The predicted octanol–water partition coefficient (Wildman–Crippen LogP) is 3.28. The molecule has 0 aliphatic rings. The van der Waals surface area contributed by atoms with Crippen LogP contribution in [0.4, 0.5) is 0 Å². The van der Waals surface area contributed by atoms with Crippen LogP contribution in [0.1, 0.15) is 23.9 Å². The zero-order valence-electron chi connectivity index (χ0n) is 12.0. The molecule has 0 saturated carbocycles. The van der Waals surface area contributed by atoms with E-state index < -0.39 is 0 Å². The van der Waals surface area contributed by atoms with Crippen molar-refractivity contribution in [1.82, 2.24) is 4.98 Å². The van der Waals surface area contributed by atoms with E-state index in [0.29, 0.717) is 25.5 Å². The van der Waals surface area contributed by atoms with Crippen LogP contribution in [-0.4, -0.2) is 11.6 Å². The van der Waals surface area contributed by atoms with E-state index in [0.717, 1.165) is 28.0 Å². The number of fused-ring (bicyclic) bond motifs is 1. The number of rotatable bonds is 5. The molecule has 0 aliphatic heterocycles. The van der Waals surface area contributed by atoms with Gasteiger partial charge >= 0.3 is 0 Å². The molecular weight excluding hydrogens is 264 g/mol. The number of nitrogens with two attached hydrogens (primary N) is 1. The van der Waals surface area contributed by atoms with Crippen molar-refractivity contribution in [1.29, 1.82) is 0 Å². The Morgan fingerprint density at radius 2 is 1.86 bits per heavy atom. The van der Waals surface area contributed by atoms with Gasteiger partial charge in [0.1, 0.15) is 11.3 Å². The van der Waals surface area contributed by atoms with Gasteiger partial charge in [0.15, 0.2) is 11.5 Å². The summed E-state index contributed by atoms with van der Waals surface area (Å²) in [5, 5.41) is 0. The minimum Gasteiger partial charge on any atom is -0.494 e. The maximum absolute atomic E-state index is 5.77. The molecule has 0 unspecified atom stereocenters. The molecule has 0 amide bonds. The molecule has 4 nitrogen and oxygen atoms in total. The molecule has 0 bridgehead atoms. The number of hydrogen-bond donors (Lipinski definition) is 1. The summed E-state index contributed by atoms with van der Waals surface area (Å²) < 4.78 is 11.2. The second-order valence-corrected chi connectivity index (χ2v) is 4.87. The van der Waals surface area contributed by atoms with Crippen LogP contribution in [-0.2, 0) is 13.0 Å². The van der Waals surface area contributed by atoms with Gasteiger partial charge in [0.2, 0.25) is 0 Å². The van der Waals surface area contributed by atoms with Crippen LogP contribution < -0.4 is 10.5 Å². The van der Waals surface area contributed by atoms with Crippen molar-refractivity contribution in [2.75, 3.05) is 6.61 Å². The largest absolute Gasteiger partial charge is 0.494 e. The molecule has 108 valence electrons. The fraction of sp³-hybridized carbons (Fsp3) is 0.235. The summed E-state index contributed by atoms with van der Waals surface area (Å²) in [5.74, 6) is 1.59. The first-order chi connectivity index (χ1) is 10.3. The van der Waals surface area contributed by atoms with Gasteiger partial charge in [0.25, 0.3) is 0 Å². The lowest BCUT2D eigenvalue weighted by atomic mass is 10.1. The van der Waals surface area contributed by atoms with Crippen LogP contribution in [0.3, 0.4) is 0 Å². The lowest BCUT2D eigenvalue weighted by molar-refractivity contribution is 0.340. The normalized spacial score (nSPS) is 11.0. The monoisotopic (exact) mass is 282 g/mol. The summed E-state index contributed by atoms with van der Waals surface area (Å²) >= 11 is 0. The quantitative estimate of drug-likeness (QED) is 0.780. The van der Waals surface area contributed by atoms with Crippen molar-refractivity contribution < 1.29 is 9.15 Å². The zero-order chi connectivity index (χ0) is 14.7. The molecule has 3 rings (SSSR count). The van der Waals surface area contributed by atoms with Gasteiger partial charge in [0, 0.05) is 13.0 Å². The molecule has 0 saturated heterocycles. The minimum absolute atomic E-state index is 0.511. The third-order valence-corrected chi connectivity index (χ3v) is 3.32. The maximum atomic E-state index is 5.77. The molecule has 1 heterocycles. The average Bonchev–Trinajstić information content (AvgIpc) is 2.90. The highest BCUT2D eigenvalue weighted by atomic mass is 16.5. The maximum Gasteiger partial charge on any atom is 0.199 e. The molecule has 1 aromatic heterocycles. The van der Waals surface area contributed by atoms with Crippen LogP contribution in [0.25, 0.3) is 11.1 Å². The summed E-state index contributed by atoms with van der Waals surface area (Å²) in [7, 11) is 0. The highest BCUT2D eigenvalue weighted by Gasteiger charge is 2.07. The van der Waals surface area contributed by atoms with E-state index in [9.17, 15) is 0 Å². The van der Waals surface area contributed by atoms with E-state index in [-0.39, 0.29) is 0 Å². The van der Waals surface area contributed by atoms with Gasteiger partial charge in [-0.3, -0.25) is 0 Å². The van der Waals surface area contributed by atoms with Crippen LogP contribution in [0.5, 0.6) is 5.75 Å². The molecule has 0 radical (unpaired) electrons. The van der Waals surface area contributed by atoms with Gasteiger partial charge in [-0.1, -0.05) is 18.2 Å². The summed E-state index contributed by atoms with van der Waals surface area (Å²) in [6.45, 7) is 3.16. The number of aromatic nitrogens is 1. The fourth-order valence-corrected chi connectivity index (χ4v) is 2.27. The second kappa shape index (κ2) is 5.97. The molecule has 3 aromatic rings. The molecule has 0 atom stereocenters. The molecule has 0 aliphatic carbocycles. The van der Waals surface area contributed by atoms with Gasteiger partial charge in [-0.2, -0.15) is 0 Å². The first kappa shape index (κ1) is 13.6. The summed E-state index contributed by atoms with van der Waals surface area (Å²) in [6, 6.07) is 13.9. The Morgan fingerprint density at radius 3 is 2.57 bits per heavy atom. The third kappa shape index (κ3) is 3.06. The third-order valence-electron chi connectivity index (χ3n) is 3.32. The molecule has 21 heavy (non-hydrogen) atoms. The molecule has 2 N–H and O–H groups in total. The van der Waals surface area contributed by atoms with Gasteiger partial charge in [0.05, 0.1) is 6.61 Å². The van der Waals surface area contributed by atoms with Crippen molar-refractivity contribution >= 4 is 11.1 Å². The van der Waals surface area contributed by atoms with Crippen molar-refractivity contribution in [3.05, 3.63) is 59.5 Å². The van der Waals surface area contributed by atoms with E-state index in [2.05, 4.69) is 4.98 Å². The molecule has 2 aromatic carbocycles. The van der Waals surface area contributed by atoms with Gasteiger partial charge < -0.3 is 14.9 Å². The Bertz CT molecular complexity index is 732. The molecule has 4 heteroatoms. The zero-order valence-corrected chi connectivity index (χ0v) is 12.0. The molecule has 0 spiro atoms. The number of oxazole rings is 1. The lowest BCUT2D eigenvalue weighted by Gasteiger charge is -2.03. The van der Waals surface area contributed by atoms with Crippen molar-refractivity contribution in [2.45, 2.75) is 19.9 Å². The Hall–Kier alpha value is -2.33. The Kier molecular flexibility index (Phi) is 3.88. The first-order valence-corrected chi connectivity index (χ1v) is 7.08. The number of benzene rings is 2. The van der Waals surface area contributed by atoms with E-state index in [1.165, 1.54) is 0 Å². The average molecular weight is 282 g/mol. The first-order valence-electron chi connectivity index (χ1n) is 7.08. The predicted molar refractivity (Wildman–Crippen MR) is 82.3 cm³/mol. The van der Waals surface area contributed by atoms with E-state index in [4.69, 9.17) is 14.9 Å². The van der Waals surface area contributed by atoms with Gasteiger partial charge in [-0.25, -0.2) is 4.98 Å². The standard InChI is InChI=1S/C17H18N2O2/c1-2-20-14-6-3-12(4-7-14)10-17-19-15-9-13(11-18)5-8-16(15)21-17/h3-9H,2,10-11,18H2,1H3. The molecule has 0 fully saturated rings. The SMILES string of the molecule is CCOc1ccc(Cc2nc3cc(CN)ccc3o2)cc1. The summed E-state index contributed by atoms with van der Waals surface area (Å²) in [4.78, 5) is 4.52. The Labute approximate surface area is 123 Å². The van der Waals surface area contributed by atoms with Gasteiger partial charge in [-0.05, 0) is 42.3 Å². The highest BCUT2D eigenvalue weighted by molar-refractivity contribution is 5.73. The molecular formula is C17H18N2O2. The van der Waals surface area contributed by atoms with Gasteiger partial charge in [-0.15, -0.1) is 0 Å². The van der Waals surface area contributed by atoms with E-state index in [1.807, 2.05) is 49.4 Å². The number of hydrogen-bond acceptors (Lipinski definition) is 4. The van der Waals surface area contributed by atoms with Crippen molar-refractivity contribution in [3.8, 4) is 5.75 Å². The highest BCUT2D eigenvalue weighted by Crippen LogP contribution is 2.20. The van der Waals surface area contributed by atoms with Crippen LogP contribution in [0, 0.1) is 0 Å². The van der Waals surface area contributed by atoms with Crippen LogP contribution in [0.15, 0.2) is 46.9 Å². The topological polar surface area (TPSA) is 61.3 Å². The van der Waals surface area contributed by atoms with E-state index in [1.54, 1.807) is 0 Å².